The average molecular weight is 1590 g/mol. The second-order valence-electron chi connectivity index (χ2n) is 43.8. The molecule has 616 valence electrons. The summed E-state index contributed by atoms with van der Waals surface area (Å²) in [7, 11) is 8.94. The van der Waals surface area contributed by atoms with E-state index in [1.807, 2.05) is 0 Å². The van der Waals surface area contributed by atoms with Gasteiger partial charge in [0.05, 0.1) is 22.3 Å². The molecular formula is C116H136N4+4. The third-order valence-corrected chi connectivity index (χ3v) is 31.4. The normalized spacial score (nSPS) is 18.0. The van der Waals surface area contributed by atoms with E-state index in [2.05, 4.69) is 383 Å². The molecule has 0 saturated heterocycles. The van der Waals surface area contributed by atoms with Gasteiger partial charge in [0.25, 0.3) is 0 Å². The van der Waals surface area contributed by atoms with Crippen LogP contribution in [0.2, 0.25) is 0 Å². The van der Waals surface area contributed by atoms with E-state index in [1.165, 1.54) is 274 Å². The van der Waals surface area contributed by atoms with E-state index < -0.39 is 0 Å². The molecule has 0 radical (unpaired) electrons. The second-order valence-corrected chi connectivity index (χ2v) is 43.8. The molecule has 0 saturated carbocycles. The molecule has 4 aromatic heterocycles. The molecule has 0 amide bonds. The van der Waals surface area contributed by atoms with Gasteiger partial charge in [0.2, 0.25) is 22.8 Å². The number of aromatic nitrogens is 4. The van der Waals surface area contributed by atoms with E-state index in [0.717, 1.165) is 25.7 Å². The molecule has 4 heteroatoms. The Morgan fingerprint density at radius 3 is 0.900 bits per heavy atom. The summed E-state index contributed by atoms with van der Waals surface area (Å²) in [6.07, 6.45) is 23.9. The zero-order valence-corrected chi connectivity index (χ0v) is 78.4. The molecule has 4 heterocycles. The fraction of sp³-hybridized carbons (Fsp3) is 0.414. The Labute approximate surface area is 721 Å². The number of fused-ring (bicyclic) bond motifs is 16. The lowest BCUT2D eigenvalue weighted by atomic mass is 9.63. The van der Waals surface area contributed by atoms with E-state index in [-0.39, 0.29) is 43.3 Å². The molecule has 20 rings (SSSR count). The number of pyridine rings is 4. The Morgan fingerprint density at radius 2 is 0.492 bits per heavy atom. The van der Waals surface area contributed by atoms with Crippen molar-refractivity contribution in [2.75, 3.05) is 0 Å². The predicted molar refractivity (Wildman–Crippen MR) is 504 cm³/mol. The highest BCUT2D eigenvalue weighted by atomic mass is 14.9. The first-order valence-corrected chi connectivity index (χ1v) is 45.4. The third kappa shape index (κ3) is 13.8. The van der Waals surface area contributed by atoms with E-state index in [0.29, 0.717) is 0 Å². The van der Waals surface area contributed by atoms with Gasteiger partial charge in [-0.3, -0.25) is 0 Å². The highest BCUT2D eigenvalue weighted by Crippen LogP contribution is 2.55. The van der Waals surface area contributed by atoms with Crippen molar-refractivity contribution >= 4 is 0 Å². The zero-order valence-electron chi connectivity index (χ0n) is 78.4. The molecule has 0 aliphatic heterocycles. The van der Waals surface area contributed by atoms with Crippen LogP contribution in [-0.2, 0) is 97.2 Å². The summed E-state index contributed by atoms with van der Waals surface area (Å²) in [4.78, 5) is 0. The Balaban J connectivity index is 0.000000114. The number of nitrogens with zero attached hydrogens (tertiary/aromatic N) is 4. The van der Waals surface area contributed by atoms with E-state index in [1.54, 1.807) is 0 Å². The van der Waals surface area contributed by atoms with Crippen LogP contribution < -0.4 is 18.3 Å². The predicted octanol–water partition coefficient (Wildman–Crippen LogP) is 26.9. The SMILES string of the molecule is Cc1ccc2c(c1)-c1ccc(C)c(-c3cc4c(c[n+]3C)C(C)(C)CCC4(C)C)c1C2.Cc1ccc2c(c1)Cc1c-2ccc(C)c1-c1cc2c(c[n+]1C)C(C)(C)CCC2(C)C.Cc1cccc2c1-c1ccc(C)c(-c3cc4c(c[n+]3C)C(C)(C)CCC4(C)C)c1C2.Cc1cccc2c1Cc1c-2ccc(C)c1-c1cc2c(c[n+]1C)C(C)(C)CCC2(C)C. The Kier molecular flexibility index (Phi) is 20.0. The molecule has 0 unspecified atom stereocenters. The second kappa shape index (κ2) is 29.0. The molecule has 12 aromatic rings. The third-order valence-electron chi connectivity index (χ3n) is 31.4. The van der Waals surface area contributed by atoms with Gasteiger partial charge in [-0.25, -0.2) is 18.3 Å². The zero-order chi connectivity index (χ0) is 85.7. The molecule has 0 N–H and O–H groups in total. The van der Waals surface area contributed by atoms with Gasteiger partial charge in [-0.1, -0.05) is 243 Å². The topological polar surface area (TPSA) is 15.5 Å². The molecule has 0 bridgehead atoms. The van der Waals surface area contributed by atoms with Crippen LogP contribution in [0.4, 0.5) is 0 Å². The molecule has 0 spiro atoms. The highest BCUT2D eigenvalue weighted by molar-refractivity contribution is 5.90. The van der Waals surface area contributed by atoms with Crippen molar-refractivity contribution in [1.29, 1.82) is 0 Å². The molecule has 0 atom stereocenters. The van der Waals surface area contributed by atoms with Crippen LogP contribution in [0, 0.1) is 55.4 Å². The van der Waals surface area contributed by atoms with Crippen molar-refractivity contribution < 1.29 is 18.3 Å². The minimum atomic E-state index is 0.222. The van der Waals surface area contributed by atoms with Crippen molar-refractivity contribution in [2.24, 2.45) is 28.2 Å². The summed E-state index contributed by atoms with van der Waals surface area (Å²) >= 11 is 0. The fourth-order valence-corrected chi connectivity index (χ4v) is 23.2. The van der Waals surface area contributed by atoms with E-state index >= 15 is 0 Å². The molecular weight excluding hydrogens is 1450 g/mol. The average Bonchev–Trinajstić information content (AvgIpc) is 1.20. The molecule has 0 fully saturated rings. The van der Waals surface area contributed by atoms with Crippen LogP contribution in [0.25, 0.3) is 89.5 Å². The van der Waals surface area contributed by atoms with Crippen molar-refractivity contribution in [3.8, 4) is 89.5 Å². The van der Waals surface area contributed by atoms with Crippen LogP contribution in [0.5, 0.6) is 0 Å². The summed E-state index contributed by atoms with van der Waals surface area (Å²) in [5.74, 6) is 0. The van der Waals surface area contributed by atoms with Gasteiger partial charge < -0.3 is 0 Å². The number of hydrogen-bond donors (Lipinski definition) is 0. The summed E-state index contributed by atoms with van der Waals surface area (Å²) < 4.78 is 9.55. The van der Waals surface area contributed by atoms with Crippen LogP contribution >= 0.6 is 0 Å². The lowest BCUT2D eigenvalue weighted by molar-refractivity contribution is -0.661. The van der Waals surface area contributed by atoms with Crippen LogP contribution in [0.1, 0.15) is 296 Å². The fourth-order valence-electron chi connectivity index (χ4n) is 23.2. The van der Waals surface area contributed by atoms with Gasteiger partial charge in [-0.2, -0.15) is 0 Å². The monoisotopic (exact) mass is 1590 g/mol. The maximum absolute atomic E-state index is 2.52. The van der Waals surface area contributed by atoms with Gasteiger partial charge in [0.15, 0.2) is 24.8 Å². The first kappa shape index (κ1) is 82.7. The Morgan fingerprint density at radius 1 is 0.208 bits per heavy atom. The van der Waals surface area contributed by atoms with Crippen molar-refractivity contribution in [1.82, 2.24) is 0 Å². The lowest BCUT2D eigenvalue weighted by Crippen LogP contribution is -2.40. The van der Waals surface area contributed by atoms with Gasteiger partial charge in [-0.05, 0) is 320 Å². The molecule has 8 aromatic carbocycles. The van der Waals surface area contributed by atoms with Crippen molar-refractivity contribution in [3.63, 3.8) is 0 Å². The number of benzene rings is 8. The summed E-state index contributed by atoms with van der Waals surface area (Å²) in [5, 5.41) is 0. The minimum absolute atomic E-state index is 0.222. The first-order valence-electron chi connectivity index (χ1n) is 45.4. The maximum Gasteiger partial charge on any atom is 0.213 e. The van der Waals surface area contributed by atoms with Gasteiger partial charge in [-0.15, -0.1) is 0 Å². The standard InChI is InChI=1S/4C29H34N/c1-18-8-10-21-20(14-18)15-23-22(21)11-9-19(2)27(23)26-16-24-25(17-30(26)7)29(5,6)13-12-28(24,3)4;1-18-8-10-20-15-23-21(22(20)14-18)11-9-19(2)27(23)26-16-24-25(17-30(26)7)29(5,6)13-12-28(24,3)4;1-18-9-8-10-20-21-12-11-19(2)27(23(21)15-22(18)20)26-16-24-25(17-30(26)7)29(5,6)14-13-28(24,3)4;1-18-9-8-10-20-15-22-21(26(18)20)12-11-19(2)27(22)25-16-23-24(17-30(25)7)29(5,6)14-13-28(23,3)4/h2*8-11,14,16-17H,12-13,15H2,1-7H3;2*8-12,16-17H,13-15H2,1-7H3/q4*+1. The first-order chi connectivity index (χ1) is 56.4. The maximum atomic E-state index is 2.52. The minimum Gasteiger partial charge on any atom is -0.201 e. The van der Waals surface area contributed by atoms with Crippen LogP contribution in [0.15, 0.2) is 170 Å². The molecule has 8 aliphatic rings. The van der Waals surface area contributed by atoms with Crippen molar-refractivity contribution in [2.45, 2.75) is 287 Å². The van der Waals surface area contributed by atoms with Crippen LogP contribution in [0.3, 0.4) is 0 Å². The summed E-state index contributed by atoms with van der Waals surface area (Å²) in [6, 6.07) is 56.1. The summed E-state index contributed by atoms with van der Waals surface area (Å²) in [5.41, 5.74) is 59.6. The number of hydrogen-bond acceptors (Lipinski definition) is 0. The molecule has 8 aliphatic carbocycles. The van der Waals surface area contributed by atoms with Gasteiger partial charge >= 0.3 is 0 Å². The van der Waals surface area contributed by atoms with Crippen molar-refractivity contribution in [3.05, 3.63) is 304 Å². The molecule has 120 heavy (non-hydrogen) atoms. The largest absolute Gasteiger partial charge is 0.213 e. The lowest BCUT2D eigenvalue weighted by Gasteiger charge is -2.40. The Bertz CT molecular complexity index is 6290. The Hall–Kier alpha value is -9.64. The molecule has 4 nitrogen and oxygen atoms in total. The van der Waals surface area contributed by atoms with Gasteiger partial charge in [0.1, 0.15) is 28.2 Å². The van der Waals surface area contributed by atoms with Gasteiger partial charge in [0, 0.05) is 46.5 Å². The van der Waals surface area contributed by atoms with E-state index in [4.69, 9.17) is 0 Å². The quantitative estimate of drug-likeness (QED) is 0.156. The number of aryl methyl sites for hydroxylation is 12. The smallest absolute Gasteiger partial charge is 0.201 e. The number of rotatable bonds is 4. The highest BCUT2D eigenvalue weighted by Gasteiger charge is 2.46. The van der Waals surface area contributed by atoms with E-state index in [9.17, 15) is 0 Å². The van der Waals surface area contributed by atoms with Crippen LogP contribution in [-0.4, -0.2) is 0 Å². The summed E-state index contributed by atoms with van der Waals surface area (Å²) in [6.45, 7) is 56.6.